The van der Waals surface area contributed by atoms with E-state index in [1.165, 1.54) is 11.6 Å². The summed E-state index contributed by atoms with van der Waals surface area (Å²) in [5, 5.41) is 14.1. The molecule has 0 atom stereocenters. The van der Waals surface area contributed by atoms with Crippen molar-refractivity contribution in [1.82, 2.24) is 5.43 Å². The summed E-state index contributed by atoms with van der Waals surface area (Å²) in [5.41, 5.74) is 6.94. The lowest BCUT2D eigenvalue weighted by molar-refractivity contribution is 0.0952. The van der Waals surface area contributed by atoms with Crippen LogP contribution in [0.2, 0.25) is 0 Å². The molecule has 2 N–H and O–H groups in total. The standard InChI is InChI=1S/C21H21Br2N3O2/c1-12-10-21(2,3)26(4)18-6-5-13(7-15(12)18)11-24-25-20(28)16-8-14(22)9-17(23)19(16)27/h5-11,27H,1-4H3,(H,25,28)/b24-11+. The van der Waals surface area contributed by atoms with E-state index in [4.69, 9.17) is 0 Å². The summed E-state index contributed by atoms with van der Waals surface area (Å²) in [7, 11) is 2.08. The van der Waals surface area contributed by atoms with Crippen LogP contribution in [0.5, 0.6) is 5.75 Å². The molecular formula is C21H21Br2N3O2. The molecule has 5 nitrogen and oxygen atoms in total. The van der Waals surface area contributed by atoms with E-state index in [2.05, 4.69) is 93.3 Å². The van der Waals surface area contributed by atoms with E-state index in [1.807, 2.05) is 6.07 Å². The molecule has 7 heteroatoms. The van der Waals surface area contributed by atoms with Crippen LogP contribution in [0.25, 0.3) is 5.57 Å². The molecule has 2 aromatic carbocycles. The highest BCUT2D eigenvalue weighted by Crippen LogP contribution is 2.38. The summed E-state index contributed by atoms with van der Waals surface area (Å²) in [6, 6.07) is 9.28. The fourth-order valence-electron chi connectivity index (χ4n) is 3.22. The molecule has 146 valence electrons. The van der Waals surface area contributed by atoms with Crippen LogP contribution in [0, 0.1) is 0 Å². The van der Waals surface area contributed by atoms with E-state index in [0.717, 1.165) is 16.8 Å². The fraction of sp³-hybridized carbons (Fsp3) is 0.238. The largest absolute Gasteiger partial charge is 0.506 e. The van der Waals surface area contributed by atoms with Gasteiger partial charge in [0.25, 0.3) is 5.91 Å². The maximum absolute atomic E-state index is 12.3. The van der Waals surface area contributed by atoms with Gasteiger partial charge in [-0.15, -0.1) is 0 Å². The molecule has 0 bridgehead atoms. The van der Waals surface area contributed by atoms with Gasteiger partial charge in [0, 0.05) is 22.8 Å². The zero-order valence-electron chi connectivity index (χ0n) is 16.0. The summed E-state index contributed by atoms with van der Waals surface area (Å²) in [6.07, 6.45) is 3.83. The number of hydrazone groups is 1. The minimum Gasteiger partial charge on any atom is -0.506 e. The molecule has 1 amide bonds. The van der Waals surface area contributed by atoms with Gasteiger partial charge in [0.05, 0.1) is 21.8 Å². The molecule has 0 aliphatic carbocycles. The van der Waals surface area contributed by atoms with Crippen LogP contribution in [-0.4, -0.2) is 29.8 Å². The Morgan fingerprint density at radius 2 is 1.96 bits per heavy atom. The Labute approximate surface area is 181 Å². The average Bonchev–Trinajstić information content (AvgIpc) is 2.62. The van der Waals surface area contributed by atoms with Gasteiger partial charge in [0.15, 0.2) is 0 Å². The molecule has 3 rings (SSSR count). The second-order valence-electron chi connectivity index (χ2n) is 7.30. The third-order valence-corrected chi connectivity index (χ3v) is 5.96. The van der Waals surface area contributed by atoms with E-state index in [1.54, 1.807) is 12.3 Å². The highest BCUT2D eigenvalue weighted by molar-refractivity contribution is 9.11. The first-order valence-corrected chi connectivity index (χ1v) is 10.3. The summed E-state index contributed by atoms with van der Waals surface area (Å²) in [5.74, 6) is -0.623. The number of anilines is 1. The number of allylic oxidation sites excluding steroid dienone is 1. The van der Waals surface area contributed by atoms with Crippen molar-refractivity contribution in [3.63, 3.8) is 0 Å². The highest BCUT2D eigenvalue weighted by atomic mass is 79.9. The van der Waals surface area contributed by atoms with Gasteiger partial charge in [-0.3, -0.25) is 4.79 Å². The van der Waals surface area contributed by atoms with Crippen molar-refractivity contribution < 1.29 is 9.90 Å². The number of aromatic hydroxyl groups is 1. The van der Waals surface area contributed by atoms with Crippen LogP contribution in [0.3, 0.4) is 0 Å². The van der Waals surface area contributed by atoms with E-state index in [9.17, 15) is 9.90 Å². The van der Waals surface area contributed by atoms with E-state index in [-0.39, 0.29) is 16.9 Å². The highest BCUT2D eigenvalue weighted by Gasteiger charge is 2.28. The van der Waals surface area contributed by atoms with Crippen LogP contribution < -0.4 is 10.3 Å². The molecule has 0 spiro atoms. The van der Waals surface area contributed by atoms with Crippen LogP contribution in [-0.2, 0) is 0 Å². The zero-order chi connectivity index (χ0) is 20.6. The molecular weight excluding hydrogens is 486 g/mol. The Morgan fingerprint density at radius 1 is 1.25 bits per heavy atom. The number of phenolic OH excluding ortho intramolecular Hbond substituents is 1. The number of carbonyl (C=O) groups excluding carboxylic acids is 1. The lowest BCUT2D eigenvalue weighted by atomic mass is 9.89. The van der Waals surface area contributed by atoms with Crippen LogP contribution >= 0.6 is 31.9 Å². The molecule has 0 unspecified atom stereocenters. The topological polar surface area (TPSA) is 64.9 Å². The third-order valence-electron chi connectivity index (χ3n) is 4.89. The quantitative estimate of drug-likeness (QED) is 0.437. The van der Waals surface area contributed by atoms with E-state index < -0.39 is 5.91 Å². The van der Waals surface area contributed by atoms with Gasteiger partial charge in [-0.2, -0.15) is 5.10 Å². The number of phenols is 1. The lowest BCUT2D eigenvalue weighted by Crippen LogP contribution is -2.42. The van der Waals surface area contributed by atoms with Gasteiger partial charge in [0.2, 0.25) is 0 Å². The second-order valence-corrected chi connectivity index (χ2v) is 9.07. The van der Waals surface area contributed by atoms with Crippen molar-refractivity contribution in [2.75, 3.05) is 11.9 Å². The second kappa shape index (κ2) is 7.72. The van der Waals surface area contributed by atoms with Crippen molar-refractivity contribution in [3.05, 3.63) is 62.0 Å². The molecule has 0 fully saturated rings. The Morgan fingerprint density at radius 3 is 2.68 bits per heavy atom. The van der Waals surface area contributed by atoms with Gasteiger partial charge in [0.1, 0.15) is 5.75 Å². The smallest absolute Gasteiger partial charge is 0.275 e. The summed E-state index contributed by atoms with van der Waals surface area (Å²) in [4.78, 5) is 14.6. The van der Waals surface area contributed by atoms with Gasteiger partial charge in [-0.05, 0) is 72.1 Å². The lowest BCUT2D eigenvalue weighted by Gasteiger charge is -2.40. The molecule has 0 aromatic heterocycles. The van der Waals surface area contributed by atoms with E-state index in [0.29, 0.717) is 8.95 Å². The number of nitrogens with zero attached hydrogens (tertiary/aromatic N) is 2. The van der Waals surface area contributed by atoms with Gasteiger partial charge >= 0.3 is 0 Å². The normalized spacial score (nSPS) is 15.4. The monoisotopic (exact) mass is 505 g/mol. The number of nitrogens with one attached hydrogen (secondary N) is 1. The molecule has 0 saturated carbocycles. The molecule has 0 radical (unpaired) electrons. The minimum absolute atomic E-state index is 0.0408. The molecule has 0 saturated heterocycles. The SMILES string of the molecule is CC1=CC(C)(C)N(C)c2ccc(/C=N/NC(=O)c3cc(Br)cc(Br)c3O)cc21. The van der Waals surface area contributed by atoms with Gasteiger partial charge in [-0.25, -0.2) is 5.43 Å². The molecule has 28 heavy (non-hydrogen) atoms. The third kappa shape index (κ3) is 4.00. The van der Waals surface area contributed by atoms with Crippen LogP contribution in [0.15, 0.2) is 50.5 Å². The van der Waals surface area contributed by atoms with Crippen LogP contribution in [0.1, 0.15) is 42.3 Å². The number of hydrogen-bond donors (Lipinski definition) is 2. The first-order chi connectivity index (χ1) is 13.1. The van der Waals surface area contributed by atoms with Gasteiger partial charge < -0.3 is 10.0 Å². The number of halogens is 2. The predicted molar refractivity (Wildman–Crippen MR) is 121 cm³/mol. The Kier molecular flexibility index (Phi) is 5.68. The maximum Gasteiger partial charge on any atom is 0.275 e. The van der Waals surface area contributed by atoms with Crippen molar-refractivity contribution in [3.8, 4) is 5.75 Å². The van der Waals surface area contributed by atoms with Crippen molar-refractivity contribution in [1.29, 1.82) is 0 Å². The number of rotatable bonds is 3. The molecule has 1 aliphatic heterocycles. The molecule has 1 heterocycles. The van der Waals surface area contributed by atoms with Crippen molar-refractivity contribution >= 4 is 55.2 Å². The zero-order valence-corrected chi connectivity index (χ0v) is 19.2. The minimum atomic E-state index is -0.494. The van der Waals surface area contributed by atoms with Gasteiger partial charge in [-0.1, -0.05) is 28.1 Å². The average molecular weight is 507 g/mol. The van der Waals surface area contributed by atoms with Crippen LogP contribution in [0.4, 0.5) is 5.69 Å². The summed E-state index contributed by atoms with van der Waals surface area (Å²) >= 11 is 6.52. The Balaban J connectivity index is 1.80. The number of amides is 1. The first kappa shape index (κ1) is 20.6. The fourth-order valence-corrected chi connectivity index (χ4v) is 4.45. The summed E-state index contributed by atoms with van der Waals surface area (Å²) < 4.78 is 1.11. The van der Waals surface area contributed by atoms with E-state index >= 15 is 0 Å². The number of likely N-dealkylation sites (N-methyl/N-ethyl adjacent to an activating group) is 1. The van der Waals surface area contributed by atoms with Crippen molar-refractivity contribution in [2.45, 2.75) is 26.3 Å². The van der Waals surface area contributed by atoms with Crippen molar-refractivity contribution in [2.24, 2.45) is 5.10 Å². The molecule has 2 aromatic rings. The number of carbonyl (C=O) groups is 1. The Hall–Kier alpha value is -2.12. The first-order valence-electron chi connectivity index (χ1n) is 8.69. The predicted octanol–water partition coefficient (Wildman–Crippen LogP) is 5.31. The number of benzene rings is 2. The Bertz CT molecular complexity index is 1010. The maximum atomic E-state index is 12.3. The summed E-state index contributed by atoms with van der Waals surface area (Å²) in [6.45, 7) is 6.46. The number of fused-ring (bicyclic) bond motifs is 1. The molecule has 1 aliphatic rings. The number of hydrogen-bond acceptors (Lipinski definition) is 4.